The van der Waals surface area contributed by atoms with Gasteiger partial charge in [0.25, 0.3) is 11.7 Å². The van der Waals surface area contributed by atoms with E-state index in [0.29, 0.717) is 18.7 Å². The number of nitrogens with zero attached hydrogens (tertiary/aromatic N) is 3. The first-order valence-electron chi connectivity index (χ1n) is 8.39. The third-order valence-corrected chi connectivity index (χ3v) is 4.40. The average molecular weight is 351 g/mol. The predicted molar refractivity (Wildman–Crippen MR) is 98.2 cm³/mol. The number of rotatable bonds is 5. The molecular weight excluding hydrogens is 330 g/mol. The summed E-state index contributed by atoms with van der Waals surface area (Å²) in [5.74, 6) is -1.41. The fraction of sp³-hybridized carbons (Fsp3) is 0.250. The van der Waals surface area contributed by atoms with E-state index in [1.165, 1.54) is 4.90 Å². The number of benzene rings is 1. The highest BCUT2D eigenvalue weighted by atomic mass is 16.3. The van der Waals surface area contributed by atoms with E-state index in [4.69, 9.17) is 0 Å². The van der Waals surface area contributed by atoms with Crippen molar-refractivity contribution in [3.63, 3.8) is 0 Å². The van der Waals surface area contributed by atoms with Crippen LogP contribution in [0.1, 0.15) is 17.2 Å². The molecule has 26 heavy (non-hydrogen) atoms. The van der Waals surface area contributed by atoms with Gasteiger partial charge in [0.2, 0.25) is 0 Å². The van der Waals surface area contributed by atoms with E-state index in [0.717, 1.165) is 5.56 Å². The van der Waals surface area contributed by atoms with Crippen molar-refractivity contribution in [2.45, 2.75) is 6.04 Å². The molecule has 0 radical (unpaired) electrons. The van der Waals surface area contributed by atoms with Crippen molar-refractivity contribution >= 4 is 17.4 Å². The molecule has 1 aliphatic rings. The molecule has 1 amide bonds. The minimum atomic E-state index is -0.660. The monoisotopic (exact) mass is 351 g/mol. The Morgan fingerprint density at radius 1 is 1.12 bits per heavy atom. The van der Waals surface area contributed by atoms with Crippen LogP contribution >= 0.6 is 0 Å². The minimum absolute atomic E-state index is 0.117. The highest BCUT2D eigenvalue weighted by Crippen LogP contribution is 2.38. The molecule has 3 rings (SSSR count). The maximum absolute atomic E-state index is 12.7. The molecule has 0 saturated carbocycles. The van der Waals surface area contributed by atoms with Crippen LogP contribution < -0.4 is 0 Å². The second-order valence-corrected chi connectivity index (χ2v) is 6.44. The maximum Gasteiger partial charge on any atom is 0.295 e. The van der Waals surface area contributed by atoms with Crippen molar-refractivity contribution in [3.8, 4) is 0 Å². The molecule has 0 spiro atoms. The Kier molecular flexibility index (Phi) is 5.14. The number of aliphatic hydroxyl groups is 1. The zero-order valence-electron chi connectivity index (χ0n) is 14.8. The number of likely N-dealkylation sites (tertiary alicyclic amines) is 1. The summed E-state index contributed by atoms with van der Waals surface area (Å²) < 4.78 is 0. The summed E-state index contributed by atoms with van der Waals surface area (Å²) in [5, 5.41) is 10.8. The second kappa shape index (κ2) is 7.49. The molecule has 0 unspecified atom stereocenters. The van der Waals surface area contributed by atoms with Gasteiger partial charge in [-0.05, 0) is 31.8 Å². The summed E-state index contributed by atoms with van der Waals surface area (Å²) in [7, 11) is 3.81. The van der Waals surface area contributed by atoms with E-state index in [9.17, 15) is 14.7 Å². The number of aliphatic hydroxyl groups excluding tert-OH is 1. The normalized spacial score (nSPS) is 19.3. The Labute approximate surface area is 152 Å². The number of Topliss-reactive ketones (excluding diaryl/α,β-unsaturated/α-hetero) is 1. The Morgan fingerprint density at radius 2 is 1.77 bits per heavy atom. The molecule has 1 N–H and O–H groups in total. The van der Waals surface area contributed by atoms with Crippen molar-refractivity contribution in [1.82, 2.24) is 14.8 Å². The number of pyridine rings is 1. The third kappa shape index (κ3) is 3.36. The van der Waals surface area contributed by atoms with Crippen molar-refractivity contribution in [2.24, 2.45) is 0 Å². The summed E-state index contributed by atoms with van der Waals surface area (Å²) in [6, 6.07) is 11.7. The first kappa shape index (κ1) is 17.8. The molecule has 2 heterocycles. The number of carbonyl (C=O) groups is 2. The van der Waals surface area contributed by atoms with Gasteiger partial charge in [0.1, 0.15) is 5.76 Å². The SMILES string of the molecule is CN(C)CCN1C(=O)C(=O)C(=C(O)c2ccccc2)[C@@H]1c1ccncc1. The van der Waals surface area contributed by atoms with Crippen molar-refractivity contribution in [1.29, 1.82) is 0 Å². The van der Waals surface area contributed by atoms with Crippen LogP contribution in [0, 0.1) is 0 Å². The molecule has 134 valence electrons. The number of ketones is 1. The zero-order valence-corrected chi connectivity index (χ0v) is 14.8. The standard InChI is InChI=1S/C20H21N3O3/c1-22(2)12-13-23-17(14-8-10-21-11-9-14)16(19(25)20(23)26)18(24)15-6-4-3-5-7-15/h3-11,17,24H,12-13H2,1-2H3/t17-/m0/s1. The topological polar surface area (TPSA) is 73.7 Å². The van der Waals surface area contributed by atoms with E-state index in [1.807, 2.05) is 25.1 Å². The van der Waals surface area contributed by atoms with E-state index < -0.39 is 17.7 Å². The van der Waals surface area contributed by atoms with Crippen molar-refractivity contribution in [3.05, 3.63) is 71.6 Å². The largest absolute Gasteiger partial charge is 0.507 e. The van der Waals surface area contributed by atoms with Gasteiger partial charge in [-0.2, -0.15) is 0 Å². The molecule has 1 saturated heterocycles. The first-order chi connectivity index (χ1) is 12.5. The molecular formula is C20H21N3O3. The van der Waals surface area contributed by atoms with Crippen LogP contribution in [0.15, 0.2) is 60.4 Å². The maximum atomic E-state index is 12.7. The van der Waals surface area contributed by atoms with Crippen molar-refractivity contribution in [2.75, 3.05) is 27.2 Å². The Hall–Kier alpha value is -2.99. The van der Waals surface area contributed by atoms with Crippen LogP contribution in [0.2, 0.25) is 0 Å². The van der Waals surface area contributed by atoms with Crippen LogP contribution in [0.5, 0.6) is 0 Å². The van der Waals surface area contributed by atoms with Crippen LogP contribution in [0.25, 0.3) is 5.76 Å². The van der Waals surface area contributed by atoms with Gasteiger partial charge in [0, 0.05) is 31.0 Å². The van der Waals surface area contributed by atoms with Gasteiger partial charge in [-0.3, -0.25) is 14.6 Å². The fourth-order valence-corrected chi connectivity index (χ4v) is 3.06. The third-order valence-electron chi connectivity index (χ3n) is 4.40. The number of likely N-dealkylation sites (N-methyl/N-ethyl adjacent to an activating group) is 1. The molecule has 0 bridgehead atoms. The summed E-state index contributed by atoms with van der Waals surface area (Å²) >= 11 is 0. The van der Waals surface area contributed by atoms with Crippen LogP contribution in [-0.4, -0.2) is 58.8 Å². The minimum Gasteiger partial charge on any atom is -0.507 e. The van der Waals surface area contributed by atoms with Crippen LogP contribution in [-0.2, 0) is 9.59 Å². The summed E-state index contributed by atoms with van der Waals surface area (Å²) in [4.78, 5) is 32.8. The molecule has 1 aromatic carbocycles. The van der Waals surface area contributed by atoms with E-state index in [1.54, 1.807) is 48.8 Å². The Bertz CT molecular complexity index is 832. The number of hydrogen-bond acceptors (Lipinski definition) is 5. The van der Waals surface area contributed by atoms with Crippen molar-refractivity contribution < 1.29 is 14.7 Å². The molecule has 0 aliphatic carbocycles. The number of hydrogen-bond donors (Lipinski definition) is 1. The van der Waals surface area contributed by atoms with Gasteiger partial charge in [-0.15, -0.1) is 0 Å². The second-order valence-electron chi connectivity index (χ2n) is 6.44. The first-order valence-corrected chi connectivity index (χ1v) is 8.39. The summed E-state index contributed by atoms with van der Waals surface area (Å²) in [5.41, 5.74) is 1.37. The molecule has 1 atom stereocenters. The Balaban J connectivity index is 2.12. The predicted octanol–water partition coefficient (Wildman–Crippen LogP) is 2.06. The summed E-state index contributed by atoms with van der Waals surface area (Å²) in [6.45, 7) is 0.996. The van der Waals surface area contributed by atoms with Crippen LogP contribution in [0.4, 0.5) is 0 Å². The van der Waals surface area contributed by atoms with Gasteiger partial charge in [0.15, 0.2) is 0 Å². The van der Waals surface area contributed by atoms with E-state index in [2.05, 4.69) is 4.98 Å². The molecule has 6 nitrogen and oxygen atoms in total. The molecule has 1 aromatic heterocycles. The number of amides is 1. The van der Waals surface area contributed by atoms with Gasteiger partial charge >= 0.3 is 0 Å². The number of carbonyl (C=O) groups excluding carboxylic acids is 2. The number of aromatic nitrogens is 1. The lowest BCUT2D eigenvalue weighted by molar-refractivity contribution is -0.140. The quantitative estimate of drug-likeness (QED) is 0.507. The molecule has 1 aliphatic heterocycles. The lowest BCUT2D eigenvalue weighted by atomic mass is 9.96. The lowest BCUT2D eigenvalue weighted by Crippen LogP contribution is -2.35. The van der Waals surface area contributed by atoms with Gasteiger partial charge in [-0.25, -0.2) is 0 Å². The molecule has 1 fully saturated rings. The molecule has 2 aromatic rings. The van der Waals surface area contributed by atoms with E-state index >= 15 is 0 Å². The summed E-state index contributed by atoms with van der Waals surface area (Å²) in [6.07, 6.45) is 3.23. The van der Waals surface area contributed by atoms with E-state index in [-0.39, 0.29) is 11.3 Å². The van der Waals surface area contributed by atoms with Gasteiger partial charge < -0.3 is 14.9 Å². The average Bonchev–Trinajstić information content (AvgIpc) is 2.91. The highest BCUT2D eigenvalue weighted by Gasteiger charge is 2.45. The Morgan fingerprint density at radius 3 is 2.38 bits per heavy atom. The molecule has 6 heteroatoms. The smallest absolute Gasteiger partial charge is 0.295 e. The van der Waals surface area contributed by atoms with Gasteiger partial charge in [0.05, 0.1) is 11.6 Å². The lowest BCUT2D eigenvalue weighted by Gasteiger charge is -2.26. The zero-order chi connectivity index (χ0) is 18.7. The fourth-order valence-electron chi connectivity index (χ4n) is 3.06. The highest BCUT2D eigenvalue weighted by molar-refractivity contribution is 6.46. The van der Waals surface area contributed by atoms with Crippen LogP contribution in [0.3, 0.4) is 0 Å². The van der Waals surface area contributed by atoms with Gasteiger partial charge in [-0.1, -0.05) is 30.3 Å².